The summed E-state index contributed by atoms with van der Waals surface area (Å²) in [6, 6.07) is 9.46. The molecule has 2 heterocycles. The summed E-state index contributed by atoms with van der Waals surface area (Å²) in [6.45, 7) is 7.35. The van der Waals surface area contributed by atoms with Crippen LogP contribution in [0, 0.1) is 13.8 Å². The second-order valence-corrected chi connectivity index (χ2v) is 7.20. The van der Waals surface area contributed by atoms with E-state index < -0.39 is 5.97 Å². The quantitative estimate of drug-likeness (QED) is 0.608. The minimum atomic E-state index is -0.615. The fourth-order valence-corrected chi connectivity index (χ4v) is 3.16. The number of carbonyl (C=O) groups excluding carboxylic acids is 2. The first-order valence-electron chi connectivity index (χ1n) is 9.69. The molecule has 0 fully saturated rings. The van der Waals surface area contributed by atoms with Gasteiger partial charge in [0.2, 0.25) is 0 Å². The number of rotatable bonds is 7. The predicted octanol–water partition coefficient (Wildman–Crippen LogP) is 3.97. The molecule has 2 aromatic heterocycles. The van der Waals surface area contributed by atoms with Crippen LogP contribution in [-0.2, 0) is 9.53 Å². The fraction of sp³-hybridized carbons (Fsp3) is 0.364. The normalized spacial score (nSPS) is 12.0. The summed E-state index contributed by atoms with van der Waals surface area (Å²) < 4.78 is 10.5. The van der Waals surface area contributed by atoms with E-state index in [9.17, 15) is 9.59 Å². The Morgan fingerprint density at radius 3 is 2.62 bits per heavy atom. The number of aromatic nitrogens is 2. The van der Waals surface area contributed by atoms with Gasteiger partial charge in [0.15, 0.2) is 6.61 Å². The van der Waals surface area contributed by atoms with E-state index in [2.05, 4.69) is 15.5 Å². The van der Waals surface area contributed by atoms with Crippen LogP contribution < -0.4 is 5.32 Å². The summed E-state index contributed by atoms with van der Waals surface area (Å²) in [7, 11) is 0. The maximum atomic E-state index is 12.8. The summed E-state index contributed by atoms with van der Waals surface area (Å²) in [6.07, 6.45) is 1.83. The van der Waals surface area contributed by atoms with Crippen LogP contribution in [0.3, 0.4) is 0 Å². The molecule has 1 aromatic carbocycles. The number of hydrogen-bond donors (Lipinski definition) is 1. The summed E-state index contributed by atoms with van der Waals surface area (Å²) in [4.78, 5) is 29.3. The molecule has 0 saturated carbocycles. The number of benzene rings is 1. The van der Waals surface area contributed by atoms with E-state index in [4.69, 9.17) is 9.26 Å². The van der Waals surface area contributed by atoms with Crippen LogP contribution in [0.25, 0.3) is 22.4 Å². The van der Waals surface area contributed by atoms with Crippen molar-refractivity contribution in [2.75, 3.05) is 6.61 Å². The van der Waals surface area contributed by atoms with E-state index in [0.29, 0.717) is 16.8 Å². The minimum absolute atomic E-state index is 0.0345. The SMILES string of the molecule is CCCC(C)NC(=O)COC(=O)c1cc(-c2ccc(C)cc2)nc2onc(C)c12. The van der Waals surface area contributed by atoms with Gasteiger partial charge < -0.3 is 14.6 Å². The minimum Gasteiger partial charge on any atom is -0.452 e. The fourth-order valence-electron chi connectivity index (χ4n) is 3.16. The summed E-state index contributed by atoms with van der Waals surface area (Å²) >= 11 is 0. The monoisotopic (exact) mass is 395 g/mol. The molecule has 29 heavy (non-hydrogen) atoms. The number of pyridine rings is 1. The molecule has 0 saturated heterocycles. The maximum Gasteiger partial charge on any atom is 0.339 e. The molecule has 152 valence electrons. The van der Waals surface area contributed by atoms with Crippen molar-refractivity contribution in [3.05, 3.63) is 47.2 Å². The van der Waals surface area contributed by atoms with Crippen LogP contribution in [0.2, 0.25) is 0 Å². The lowest BCUT2D eigenvalue weighted by Gasteiger charge is -2.13. The van der Waals surface area contributed by atoms with Gasteiger partial charge >= 0.3 is 5.97 Å². The van der Waals surface area contributed by atoms with Crippen molar-refractivity contribution in [3.63, 3.8) is 0 Å². The van der Waals surface area contributed by atoms with Crippen LogP contribution in [0.5, 0.6) is 0 Å². The molecule has 1 atom stereocenters. The van der Waals surface area contributed by atoms with Crippen LogP contribution >= 0.6 is 0 Å². The Labute approximate surface area is 169 Å². The molecule has 1 N–H and O–H groups in total. The van der Waals surface area contributed by atoms with Gasteiger partial charge in [-0.05, 0) is 33.3 Å². The molecule has 0 aliphatic heterocycles. The Balaban J connectivity index is 1.85. The molecular weight excluding hydrogens is 370 g/mol. The van der Waals surface area contributed by atoms with Crippen molar-refractivity contribution in [2.24, 2.45) is 0 Å². The van der Waals surface area contributed by atoms with Gasteiger partial charge in [-0.25, -0.2) is 9.78 Å². The van der Waals surface area contributed by atoms with E-state index >= 15 is 0 Å². The van der Waals surface area contributed by atoms with Gasteiger partial charge in [0.05, 0.1) is 22.3 Å². The first-order chi connectivity index (χ1) is 13.9. The molecule has 1 unspecified atom stereocenters. The van der Waals surface area contributed by atoms with Gasteiger partial charge in [0.25, 0.3) is 11.6 Å². The maximum absolute atomic E-state index is 12.8. The molecular formula is C22H25N3O4. The van der Waals surface area contributed by atoms with Gasteiger partial charge in [0.1, 0.15) is 0 Å². The molecule has 3 aromatic rings. The van der Waals surface area contributed by atoms with Crippen LogP contribution in [0.15, 0.2) is 34.9 Å². The summed E-state index contributed by atoms with van der Waals surface area (Å²) in [5, 5.41) is 7.22. The highest BCUT2D eigenvalue weighted by molar-refractivity contribution is 6.04. The van der Waals surface area contributed by atoms with E-state index in [1.807, 2.05) is 45.0 Å². The zero-order valence-electron chi connectivity index (χ0n) is 17.1. The van der Waals surface area contributed by atoms with E-state index in [-0.39, 0.29) is 29.8 Å². The molecule has 0 radical (unpaired) electrons. The highest BCUT2D eigenvalue weighted by atomic mass is 16.5. The van der Waals surface area contributed by atoms with Crippen molar-refractivity contribution in [2.45, 2.75) is 46.6 Å². The Morgan fingerprint density at radius 1 is 1.21 bits per heavy atom. The number of fused-ring (bicyclic) bond motifs is 1. The van der Waals surface area contributed by atoms with Crippen molar-refractivity contribution < 1.29 is 18.8 Å². The number of aryl methyl sites for hydroxylation is 2. The third-order valence-electron chi connectivity index (χ3n) is 4.65. The molecule has 0 spiro atoms. The van der Waals surface area contributed by atoms with Gasteiger partial charge in [-0.3, -0.25) is 4.79 Å². The number of esters is 1. The number of carbonyl (C=O) groups is 2. The predicted molar refractivity (Wildman–Crippen MR) is 110 cm³/mol. The number of amides is 1. The average Bonchev–Trinajstić information content (AvgIpc) is 3.07. The molecule has 0 aliphatic rings. The molecule has 0 bridgehead atoms. The summed E-state index contributed by atoms with van der Waals surface area (Å²) in [5.41, 5.74) is 3.60. The average molecular weight is 395 g/mol. The Morgan fingerprint density at radius 2 is 1.93 bits per heavy atom. The second-order valence-electron chi connectivity index (χ2n) is 7.20. The molecule has 0 aliphatic carbocycles. The van der Waals surface area contributed by atoms with Crippen LogP contribution in [0.1, 0.15) is 48.3 Å². The Hall–Kier alpha value is -3.22. The first kappa shape index (κ1) is 20.5. The van der Waals surface area contributed by atoms with Crippen molar-refractivity contribution >= 4 is 23.0 Å². The molecule has 1 amide bonds. The number of ether oxygens (including phenoxy) is 1. The zero-order valence-corrected chi connectivity index (χ0v) is 17.1. The number of nitrogens with zero attached hydrogens (tertiary/aromatic N) is 2. The highest BCUT2D eigenvalue weighted by Gasteiger charge is 2.21. The lowest BCUT2D eigenvalue weighted by Crippen LogP contribution is -2.35. The lowest BCUT2D eigenvalue weighted by atomic mass is 10.0. The highest BCUT2D eigenvalue weighted by Crippen LogP contribution is 2.27. The lowest BCUT2D eigenvalue weighted by molar-refractivity contribution is -0.124. The summed E-state index contributed by atoms with van der Waals surface area (Å²) in [5.74, 6) is -0.944. The second kappa shape index (κ2) is 8.86. The zero-order chi connectivity index (χ0) is 21.0. The topological polar surface area (TPSA) is 94.3 Å². The molecule has 7 heteroatoms. The van der Waals surface area contributed by atoms with Gasteiger partial charge in [-0.2, -0.15) is 0 Å². The standard InChI is InChI=1S/C22H25N3O4/c1-5-6-14(3)23-19(26)12-28-22(27)17-11-18(16-9-7-13(2)8-10-16)24-21-20(17)15(4)25-29-21/h7-11,14H,5-6,12H2,1-4H3,(H,23,26). The first-order valence-corrected chi connectivity index (χ1v) is 9.69. The third-order valence-corrected chi connectivity index (χ3v) is 4.65. The van der Waals surface area contributed by atoms with Crippen LogP contribution in [-0.4, -0.2) is 34.7 Å². The number of nitrogens with one attached hydrogen (secondary N) is 1. The molecule has 7 nitrogen and oxygen atoms in total. The Kier molecular flexibility index (Phi) is 6.26. The molecule has 3 rings (SSSR count). The van der Waals surface area contributed by atoms with E-state index in [1.54, 1.807) is 13.0 Å². The van der Waals surface area contributed by atoms with Gasteiger partial charge in [-0.15, -0.1) is 0 Å². The smallest absolute Gasteiger partial charge is 0.339 e. The van der Waals surface area contributed by atoms with Crippen molar-refractivity contribution in [1.29, 1.82) is 0 Å². The third kappa shape index (κ3) is 4.80. The van der Waals surface area contributed by atoms with E-state index in [0.717, 1.165) is 24.0 Å². The van der Waals surface area contributed by atoms with Crippen molar-refractivity contribution in [1.82, 2.24) is 15.5 Å². The van der Waals surface area contributed by atoms with Gasteiger partial charge in [-0.1, -0.05) is 48.3 Å². The van der Waals surface area contributed by atoms with Crippen molar-refractivity contribution in [3.8, 4) is 11.3 Å². The van der Waals surface area contributed by atoms with Crippen LogP contribution in [0.4, 0.5) is 0 Å². The van der Waals surface area contributed by atoms with Gasteiger partial charge in [0, 0.05) is 11.6 Å². The Bertz CT molecular complexity index is 1020. The largest absolute Gasteiger partial charge is 0.452 e. The van der Waals surface area contributed by atoms with E-state index in [1.165, 1.54) is 0 Å². The number of hydrogen-bond acceptors (Lipinski definition) is 6.